The minimum atomic E-state index is -0.0567. The van der Waals surface area contributed by atoms with Crippen molar-refractivity contribution in [1.29, 1.82) is 0 Å². The Balaban J connectivity index is 2.82. The fraction of sp³-hybridized carbons (Fsp3) is 0.273. The van der Waals surface area contributed by atoms with Crippen LogP contribution in [-0.2, 0) is 5.88 Å². The SMILES string of the molecule is CC(=O)n1c(CCl)nc2ccc(C)cc21. The number of aryl methyl sites for hydroxylation is 1. The van der Waals surface area contributed by atoms with E-state index >= 15 is 0 Å². The van der Waals surface area contributed by atoms with Gasteiger partial charge in [-0.2, -0.15) is 0 Å². The molecule has 2 rings (SSSR count). The molecule has 2 aromatic rings. The number of carbonyl (C=O) groups excluding carboxylic acids is 1. The standard InChI is InChI=1S/C11H11ClN2O/c1-7-3-4-9-10(5-7)14(8(2)15)11(6-12)13-9/h3-5H,6H2,1-2H3. The van der Waals surface area contributed by atoms with Crippen molar-refractivity contribution in [3.05, 3.63) is 29.6 Å². The van der Waals surface area contributed by atoms with Crippen molar-refractivity contribution in [1.82, 2.24) is 9.55 Å². The lowest BCUT2D eigenvalue weighted by atomic mass is 10.2. The summed E-state index contributed by atoms with van der Waals surface area (Å²) in [4.78, 5) is 15.8. The zero-order valence-electron chi connectivity index (χ0n) is 8.62. The molecule has 0 amide bonds. The van der Waals surface area contributed by atoms with Crippen LogP contribution in [0.4, 0.5) is 0 Å². The largest absolute Gasteiger partial charge is 0.274 e. The Kier molecular flexibility index (Phi) is 2.49. The minimum absolute atomic E-state index is 0.0567. The molecule has 1 aromatic carbocycles. The molecule has 0 aliphatic heterocycles. The summed E-state index contributed by atoms with van der Waals surface area (Å²) >= 11 is 5.75. The molecule has 78 valence electrons. The van der Waals surface area contributed by atoms with Gasteiger partial charge in [-0.3, -0.25) is 9.36 Å². The number of imidazole rings is 1. The second kappa shape index (κ2) is 3.66. The lowest BCUT2D eigenvalue weighted by Gasteiger charge is -2.01. The van der Waals surface area contributed by atoms with E-state index in [0.717, 1.165) is 16.6 Å². The molecule has 0 saturated carbocycles. The molecular formula is C11H11ClN2O. The smallest absolute Gasteiger partial charge is 0.229 e. The molecule has 3 nitrogen and oxygen atoms in total. The minimum Gasteiger partial charge on any atom is -0.274 e. The first-order valence-electron chi connectivity index (χ1n) is 4.68. The molecule has 1 aromatic heterocycles. The first-order chi connectivity index (χ1) is 7.13. The average molecular weight is 223 g/mol. The summed E-state index contributed by atoms with van der Waals surface area (Å²) in [6, 6.07) is 5.82. The van der Waals surface area contributed by atoms with Crippen molar-refractivity contribution < 1.29 is 4.79 Å². The lowest BCUT2D eigenvalue weighted by molar-refractivity contribution is 0.0938. The normalized spacial score (nSPS) is 10.9. The van der Waals surface area contributed by atoms with Crippen LogP contribution in [-0.4, -0.2) is 15.5 Å². The zero-order valence-corrected chi connectivity index (χ0v) is 9.38. The van der Waals surface area contributed by atoms with Gasteiger partial charge in [-0.1, -0.05) is 6.07 Å². The maximum absolute atomic E-state index is 11.5. The van der Waals surface area contributed by atoms with Gasteiger partial charge >= 0.3 is 0 Å². The molecule has 0 fully saturated rings. The number of aromatic nitrogens is 2. The molecule has 0 radical (unpaired) electrons. The number of hydrogen-bond donors (Lipinski definition) is 0. The Morgan fingerprint density at radius 3 is 2.87 bits per heavy atom. The molecule has 0 aliphatic carbocycles. The molecule has 0 bridgehead atoms. The lowest BCUT2D eigenvalue weighted by Crippen LogP contribution is -2.08. The van der Waals surface area contributed by atoms with Crippen LogP contribution in [0, 0.1) is 6.92 Å². The maximum atomic E-state index is 11.5. The molecule has 0 unspecified atom stereocenters. The molecular weight excluding hydrogens is 212 g/mol. The van der Waals surface area contributed by atoms with E-state index in [2.05, 4.69) is 4.98 Å². The molecule has 15 heavy (non-hydrogen) atoms. The highest BCUT2D eigenvalue weighted by Gasteiger charge is 2.12. The molecule has 0 aliphatic rings. The Labute approximate surface area is 92.7 Å². The van der Waals surface area contributed by atoms with Crippen LogP contribution < -0.4 is 0 Å². The third-order valence-electron chi connectivity index (χ3n) is 2.31. The van der Waals surface area contributed by atoms with E-state index in [4.69, 9.17) is 11.6 Å². The van der Waals surface area contributed by atoms with Crippen LogP contribution in [0.15, 0.2) is 18.2 Å². The van der Waals surface area contributed by atoms with Crippen LogP contribution in [0.25, 0.3) is 11.0 Å². The van der Waals surface area contributed by atoms with Gasteiger partial charge in [0.2, 0.25) is 5.91 Å². The number of halogens is 1. The molecule has 0 atom stereocenters. The second-order valence-corrected chi connectivity index (χ2v) is 3.78. The van der Waals surface area contributed by atoms with E-state index in [-0.39, 0.29) is 11.8 Å². The number of rotatable bonds is 1. The van der Waals surface area contributed by atoms with E-state index in [1.54, 1.807) is 4.57 Å². The number of nitrogens with zero attached hydrogens (tertiary/aromatic N) is 2. The Morgan fingerprint density at radius 1 is 1.53 bits per heavy atom. The van der Waals surface area contributed by atoms with Gasteiger partial charge in [0.05, 0.1) is 16.9 Å². The molecule has 0 N–H and O–H groups in total. The van der Waals surface area contributed by atoms with Crippen molar-refractivity contribution in [3.8, 4) is 0 Å². The number of hydrogen-bond acceptors (Lipinski definition) is 2. The van der Waals surface area contributed by atoms with Gasteiger partial charge in [0.25, 0.3) is 0 Å². The van der Waals surface area contributed by atoms with Gasteiger partial charge in [0.15, 0.2) is 0 Å². The van der Waals surface area contributed by atoms with E-state index in [9.17, 15) is 4.79 Å². The van der Waals surface area contributed by atoms with Gasteiger partial charge in [-0.15, -0.1) is 11.6 Å². The Morgan fingerprint density at radius 2 is 2.27 bits per heavy atom. The number of benzene rings is 1. The maximum Gasteiger partial charge on any atom is 0.229 e. The highest BCUT2D eigenvalue weighted by atomic mass is 35.5. The first kappa shape index (κ1) is 10.2. The van der Waals surface area contributed by atoms with Crippen molar-refractivity contribution in [2.24, 2.45) is 0 Å². The molecule has 0 saturated heterocycles. The topological polar surface area (TPSA) is 34.9 Å². The van der Waals surface area contributed by atoms with Crippen molar-refractivity contribution in [2.45, 2.75) is 19.7 Å². The fourth-order valence-electron chi connectivity index (χ4n) is 1.68. The highest BCUT2D eigenvalue weighted by Crippen LogP contribution is 2.18. The summed E-state index contributed by atoms with van der Waals surface area (Å²) in [6.07, 6.45) is 0. The van der Waals surface area contributed by atoms with E-state index < -0.39 is 0 Å². The van der Waals surface area contributed by atoms with Crippen LogP contribution in [0.3, 0.4) is 0 Å². The van der Waals surface area contributed by atoms with Gasteiger partial charge < -0.3 is 0 Å². The third-order valence-corrected chi connectivity index (χ3v) is 2.55. The predicted octanol–water partition coefficient (Wildman–Crippen LogP) is 2.74. The summed E-state index contributed by atoms with van der Waals surface area (Å²) in [5.74, 6) is 0.788. The van der Waals surface area contributed by atoms with Crippen molar-refractivity contribution in [2.75, 3.05) is 0 Å². The van der Waals surface area contributed by atoms with Crippen LogP contribution in [0.2, 0.25) is 0 Å². The van der Waals surface area contributed by atoms with Gasteiger partial charge in [0.1, 0.15) is 5.82 Å². The summed E-state index contributed by atoms with van der Waals surface area (Å²) in [5.41, 5.74) is 2.75. The van der Waals surface area contributed by atoms with Crippen LogP contribution in [0.5, 0.6) is 0 Å². The molecule has 1 heterocycles. The Hall–Kier alpha value is -1.35. The molecule has 4 heteroatoms. The molecule has 0 spiro atoms. The van der Waals surface area contributed by atoms with Crippen LogP contribution >= 0.6 is 11.6 Å². The predicted molar refractivity (Wildman–Crippen MR) is 60.3 cm³/mol. The zero-order chi connectivity index (χ0) is 11.0. The van der Waals surface area contributed by atoms with E-state index in [0.29, 0.717) is 5.82 Å². The van der Waals surface area contributed by atoms with Crippen molar-refractivity contribution in [3.63, 3.8) is 0 Å². The average Bonchev–Trinajstić information content (AvgIpc) is 2.55. The van der Waals surface area contributed by atoms with Gasteiger partial charge in [-0.25, -0.2) is 4.98 Å². The van der Waals surface area contributed by atoms with E-state index in [1.165, 1.54) is 6.92 Å². The quantitative estimate of drug-likeness (QED) is 0.696. The summed E-state index contributed by atoms with van der Waals surface area (Å²) in [6.45, 7) is 3.50. The van der Waals surface area contributed by atoms with Crippen molar-refractivity contribution >= 4 is 28.5 Å². The monoisotopic (exact) mass is 222 g/mol. The summed E-state index contributed by atoms with van der Waals surface area (Å²) < 4.78 is 1.56. The Bertz CT molecular complexity index is 531. The number of fused-ring (bicyclic) bond motifs is 1. The van der Waals surface area contributed by atoms with Gasteiger partial charge in [-0.05, 0) is 24.6 Å². The van der Waals surface area contributed by atoms with Gasteiger partial charge in [0, 0.05) is 6.92 Å². The summed E-state index contributed by atoms with van der Waals surface area (Å²) in [7, 11) is 0. The second-order valence-electron chi connectivity index (χ2n) is 3.51. The van der Waals surface area contributed by atoms with Crippen LogP contribution in [0.1, 0.15) is 23.1 Å². The fourth-order valence-corrected chi connectivity index (χ4v) is 1.86. The van der Waals surface area contributed by atoms with E-state index in [1.807, 2.05) is 25.1 Å². The summed E-state index contributed by atoms with van der Waals surface area (Å²) in [5, 5.41) is 0. The number of carbonyl (C=O) groups is 1. The first-order valence-corrected chi connectivity index (χ1v) is 5.22. The third kappa shape index (κ3) is 1.63. The number of alkyl halides is 1. The highest BCUT2D eigenvalue weighted by molar-refractivity contribution is 6.17.